The van der Waals surface area contributed by atoms with Crippen LogP contribution >= 0.6 is 0 Å². The normalized spacial score (nSPS) is 12.2. The molecule has 13 rings (SSSR count). The van der Waals surface area contributed by atoms with Gasteiger partial charge in [0.05, 0.1) is 11.0 Å². The van der Waals surface area contributed by atoms with Crippen molar-refractivity contribution in [3.8, 4) is 27.9 Å². The van der Waals surface area contributed by atoms with Gasteiger partial charge in [0, 0.05) is 54.5 Å². The highest BCUT2D eigenvalue weighted by Gasteiger charge is 2.24. The second-order valence-electron chi connectivity index (χ2n) is 15.1. The smallest absolute Gasteiger partial charge is 0.143 e. The fraction of sp³-hybridized carbons (Fsp3) is 0. The van der Waals surface area contributed by atoms with Crippen molar-refractivity contribution in [2.24, 2.45) is 0 Å². The number of rotatable bonds is 3. The Balaban J connectivity index is 1.15. The highest BCUT2D eigenvalue weighted by atomic mass is 16.3. The number of fused-ring (bicyclic) bond motifs is 14. The molecule has 57 heavy (non-hydrogen) atoms. The molecule has 13 aromatic rings. The van der Waals surface area contributed by atoms with Gasteiger partial charge in [-0.3, -0.25) is 0 Å². The van der Waals surface area contributed by atoms with Crippen molar-refractivity contribution in [3.63, 3.8) is 0 Å². The fourth-order valence-electron chi connectivity index (χ4n) is 9.83. The summed E-state index contributed by atoms with van der Waals surface area (Å²) < 4.78 is 15.8. The van der Waals surface area contributed by atoms with E-state index in [9.17, 15) is 0 Å². The van der Waals surface area contributed by atoms with E-state index in [1.54, 1.807) is 0 Å². The lowest BCUT2D eigenvalue weighted by Crippen LogP contribution is -1.93. The average molecular weight is 726 g/mol. The van der Waals surface area contributed by atoms with E-state index in [0.29, 0.717) is 0 Å². The first-order valence-corrected chi connectivity index (χ1v) is 19.5. The maximum absolute atomic E-state index is 6.99. The van der Waals surface area contributed by atoms with Gasteiger partial charge in [-0.15, -0.1) is 0 Å². The number of para-hydroxylation sites is 4. The van der Waals surface area contributed by atoms with Gasteiger partial charge >= 0.3 is 0 Å². The van der Waals surface area contributed by atoms with Gasteiger partial charge in [-0.1, -0.05) is 133 Å². The topological polar surface area (TPSA) is 31.2 Å². The highest BCUT2D eigenvalue weighted by molar-refractivity contribution is 6.34. The number of hydrogen-bond acceptors (Lipinski definition) is 2. The molecule has 0 aliphatic rings. The second-order valence-corrected chi connectivity index (χ2v) is 15.1. The van der Waals surface area contributed by atoms with Crippen LogP contribution in [0.2, 0.25) is 0 Å². The summed E-state index contributed by atoms with van der Waals surface area (Å²) in [5.74, 6) is 0. The lowest BCUT2D eigenvalue weighted by atomic mass is 9.84. The van der Waals surface area contributed by atoms with Crippen molar-refractivity contribution >= 4 is 98.0 Å². The van der Waals surface area contributed by atoms with E-state index in [2.05, 4.69) is 187 Å². The summed E-state index contributed by atoms with van der Waals surface area (Å²) in [6, 6.07) is 67.7. The van der Waals surface area contributed by atoms with Crippen LogP contribution in [0.5, 0.6) is 0 Å². The molecule has 3 aromatic heterocycles. The van der Waals surface area contributed by atoms with E-state index >= 15 is 0 Å². The first-order valence-electron chi connectivity index (χ1n) is 19.5. The Kier molecular flexibility index (Phi) is 6.16. The van der Waals surface area contributed by atoms with Gasteiger partial charge in [-0.05, 0) is 92.7 Å². The predicted octanol–water partition coefficient (Wildman–Crippen LogP) is 15.4. The first-order chi connectivity index (χ1) is 28.3. The maximum Gasteiger partial charge on any atom is 0.143 e. The third-order valence-electron chi connectivity index (χ3n) is 12.1. The standard InChI is InChI=1S/C54H31NO2/c1-2-14-34(15-3-1)55-44-23-11-8-16-35(44)42-30-32(26-28-45(42)55)49-36-17-4-6-19-38(36)51(39-20-7-5-18-37(39)49)43-31-33-27-29-48-52(40-21-9-12-24-46(40)56-48)50(33)53-41-22-10-13-25-47(41)57-54(43)53/h1-31H. The van der Waals surface area contributed by atoms with Crippen LogP contribution in [0.4, 0.5) is 0 Å². The molecule has 0 radical (unpaired) electrons. The van der Waals surface area contributed by atoms with Crippen molar-refractivity contribution in [2.75, 3.05) is 0 Å². The molecule has 3 nitrogen and oxygen atoms in total. The molecule has 0 spiro atoms. The number of hydrogen-bond donors (Lipinski definition) is 0. The summed E-state index contributed by atoms with van der Waals surface area (Å²) in [6.45, 7) is 0. The second kappa shape index (κ2) is 11.5. The summed E-state index contributed by atoms with van der Waals surface area (Å²) in [4.78, 5) is 0. The summed E-state index contributed by atoms with van der Waals surface area (Å²) in [7, 11) is 0. The SMILES string of the molecule is c1ccc(-n2c3ccccc3c3cc(-c4c5ccccc5c(-c5cc6ccc7oc8ccccc8c7c6c6c5oc5ccccc56)c5ccccc45)ccc32)cc1. The Labute approximate surface area is 326 Å². The molecule has 0 amide bonds. The minimum atomic E-state index is 0.874. The molecular weight excluding hydrogens is 695 g/mol. The third-order valence-corrected chi connectivity index (χ3v) is 12.1. The molecule has 0 fully saturated rings. The van der Waals surface area contributed by atoms with E-state index in [1.807, 2.05) is 6.07 Å². The molecule has 10 aromatic carbocycles. The molecule has 0 unspecified atom stereocenters. The van der Waals surface area contributed by atoms with E-state index in [1.165, 1.54) is 60.0 Å². The zero-order chi connectivity index (χ0) is 37.2. The van der Waals surface area contributed by atoms with Crippen molar-refractivity contribution in [2.45, 2.75) is 0 Å². The molecule has 0 atom stereocenters. The molecule has 3 heterocycles. The van der Waals surface area contributed by atoms with Gasteiger partial charge in [0.25, 0.3) is 0 Å². The van der Waals surface area contributed by atoms with Crippen LogP contribution in [-0.2, 0) is 0 Å². The zero-order valence-corrected chi connectivity index (χ0v) is 30.7. The van der Waals surface area contributed by atoms with Crippen LogP contribution < -0.4 is 0 Å². The third kappa shape index (κ3) is 4.20. The Morgan fingerprint density at radius 1 is 0.333 bits per heavy atom. The monoisotopic (exact) mass is 725 g/mol. The first kappa shape index (κ1) is 30.7. The van der Waals surface area contributed by atoms with Crippen LogP contribution in [0, 0.1) is 0 Å². The minimum absolute atomic E-state index is 0.874. The van der Waals surface area contributed by atoms with Crippen LogP contribution in [0.15, 0.2) is 197 Å². The molecule has 0 aliphatic carbocycles. The van der Waals surface area contributed by atoms with E-state index in [-0.39, 0.29) is 0 Å². The predicted molar refractivity (Wildman–Crippen MR) is 239 cm³/mol. The molecule has 0 saturated carbocycles. The van der Waals surface area contributed by atoms with Crippen LogP contribution in [0.25, 0.3) is 126 Å². The lowest BCUT2D eigenvalue weighted by molar-refractivity contribution is 0.669. The van der Waals surface area contributed by atoms with Gasteiger partial charge in [0.15, 0.2) is 0 Å². The van der Waals surface area contributed by atoms with Crippen molar-refractivity contribution < 1.29 is 8.83 Å². The van der Waals surface area contributed by atoms with Crippen molar-refractivity contribution in [1.82, 2.24) is 4.57 Å². The number of benzene rings is 10. The number of aromatic nitrogens is 1. The van der Waals surface area contributed by atoms with Crippen LogP contribution in [-0.4, -0.2) is 4.57 Å². The summed E-state index contributed by atoms with van der Waals surface area (Å²) in [5.41, 5.74) is 11.8. The van der Waals surface area contributed by atoms with Gasteiger partial charge in [0.1, 0.15) is 22.3 Å². The van der Waals surface area contributed by atoms with Crippen molar-refractivity contribution in [1.29, 1.82) is 0 Å². The lowest BCUT2D eigenvalue weighted by Gasteiger charge is -2.18. The minimum Gasteiger partial charge on any atom is -0.456 e. The Hall–Kier alpha value is -7.62. The maximum atomic E-state index is 6.99. The van der Waals surface area contributed by atoms with E-state index in [0.717, 1.165) is 65.9 Å². The Morgan fingerprint density at radius 2 is 0.895 bits per heavy atom. The largest absolute Gasteiger partial charge is 0.456 e. The quantitative estimate of drug-likeness (QED) is 0.170. The number of nitrogens with zero attached hydrogens (tertiary/aromatic N) is 1. The average Bonchev–Trinajstić information content (AvgIpc) is 3.95. The fourth-order valence-corrected chi connectivity index (χ4v) is 9.83. The zero-order valence-electron chi connectivity index (χ0n) is 30.7. The van der Waals surface area contributed by atoms with Gasteiger partial charge in [-0.2, -0.15) is 0 Å². The van der Waals surface area contributed by atoms with Gasteiger partial charge in [-0.25, -0.2) is 0 Å². The summed E-state index contributed by atoms with van der Waals surface area (Å²) in [6.07, 6.45) is 0. The molecule has 0 bridgehead atoms. The molecule has 3 heteroatoms. The summed E-state index contributed by atoms with van der Waals surface area (Å²) in [5, 5.41) is 14.0. The van der Waals surface area contributed by atoms with E-state index < -0.39 is 0 Å². The Morgan fingerprint density at radius 3 is 1.61 bits per heavy atom. The van der Waals surface area contributed by atoms with Gasteiger partial charge in [0.2, 0.25) is 0 Å². The molecular formula is C54H31NO2. The summed E-state index contributed by atoms with van der Waals surface area (Å²) >= 11 is 0. The molecule has 264 valence electrons. The molecule has 0 aliphatic heterocycles. The van der Waals surface area contributed by atoms with Gasteiger partial charge < -0.3 is 13.4 Å². The number of furan rings is 2. The Bertz CT molecular complexity index is 3750. The van der Waals surface area contributed by atoms with Crippen LogP contribution in [0.3, 0.4) is 0 Å². The molecule has 0 N–H and O–H groups in total. The van der Waals surface area contributed by atoms with Crippen molar-refractivity contribution in [3.05, 3.63) is 188 Å². The van der Waals surface area contributed by atoms with E-state index in [4.69, 9.17) is 8.83 Å². The highest BCUT2D eigenvalue weighted by Crippen LogP contribution is 2.50. The van der Waals surface area contributed by atoms with Crippen LogP contribution in [0.1, 0.15) is 0 Å². The molecule has 0 saturated heterocycles.